The van der Waals surface area contributed by atoms with Crippen LogP contribution in [-0.4, -0.2) is 25.0 Å². The summed E-state index contributed by atoms with van der Waals surface area (Å²) in [6, 6.07) is 9.03. The summed E-state index contributed by atoms with van der Waals surface area (Å²) >= 11 is 3.73. The van der Waals surface area contributed by atoms with Crippen molar-refractivity contribution in [2.75, 3.05) is 23.3 Å². The molecular weight excluding hydrogens is 401 g/mol. The van der Waals surface area contributed by atoms with Gasteiger partial charge in [-0.15, -0.1) is 11.3 Å². The molecule has 1 aliphatic rings. The SMILES string of the molecule is O=C(Nc1ccc(N2CCNC2=O)cc1)c1csc(I)c1. The van der Waals surface area contributed by atoms with Crippen LogP contribution in [0.3, 0.4) is 0 Å². The quantitative estimate of drug-likeness (QED) is 0.760. The van der Waals surface area contributed by atoms with Crippen molar-refractivity contribution in [1.29, 1.82) is 0 Å². The molecule has 0 aliphatic carbocycles. The zero-order valence-electron chi connectivity index (χ0n) is 10.9. The number of carbonyl (C=O) groups excluding carboxylic acids is 2. The molecule has 0 saturated carbocycles. The molecule has 21 heavy (non-hydrogen) atoms. The van der Waals surface area contributed by atoms with Crippen molar-refractivity contribution < 1.29 is 9.59 Å². The summed E-state index contributed by atoms with van der Waals surface area (Å²) in [5, 5.41) is 7.44. The topological polar surface area (TPSA) is 61.4 Å². The average Bonchev–Trinajstić information content (AvgIpc) is 3.08. The Morgan fingerprint density at radius 2 is 2.10 bits per heavy atom. The van der Waals surface area contributed by atoms with Crippen molar-refractivity contribution in [3.8, 4) is 0 Å². The summed E-state index contributed by atoms with van der Waals surface area (Å²) in [6.45, 7) is 1.33. The number of urea groups is 1. The first-order valence-corrected chi connectivity index (χ1v) is 8.30. The van der Waals surface area contributed by atoms with Gasteiger partial charge in [0.2, 0.25) is 0 Å². The van der Waals surface area contributed by atoms with Gasteiger partial charge in [0.05, 0.1) is 8.45 Å². The molecule has 1 aromatic carbocycles. The Hall–Kier alpha value is -1.61. The van der Waals surface area contributed by atoms with E-state index in [1.165, 1.54) is 11.3 Å². The van der Waals surface area contributed by atoms with Crippen molar-refractivity contribution in [3.63, 3.8) is 0 Å². The van der Waals surface area contributed by atoms with E-state index in [9.17, 15) is 9.59 Å². The molecule has 2 aromatic rings. The third-order valence-corrected chi connectivity index (χ3v) is 4.91. The third-order valence-electron chi connectivity index (χ3n) is 3.12. The molecule has 0 radical (unpaired) electrons. The van der Waals surface area contributed by atoms with Crippen LogP contribution in [0.4, 0.5) is 16.2 Å². The van der Waals surface area contributed by atoms with E-state index < -0.39 is 0 Å². The van der Waals surface area contributed by atoms with Crippen LogP contribution >= 0.6 is 33.9 Å². The van der Waals surface area contributed by atoms with Crippen molar-refractivity contribution in [3.05, 3.63) is 44.2 Å². The standard InChI is InChI=1S/C14H12IN3O2S/c15-12-7-9(8-21-12)13(19)17-10-1-3-11(4-2-10)18-6-5-16-14(18)20/h1-4,7-8H,5-6H2,(H,16,20)(H,17,19). The van der Waals surface area contributed by atoms with E-state index in [-0.39, 0.29) is 11.9 Å². The van der Waals surface area contributed by atoms with Crippen molar-refractivity contribution >= 4 is 57.2 Å². The van der Waals surface area contributed by atoms with Crippen LogP contribution in [0.25, 0.3) is 0 Å². The normalized spacial score (nSPS) is 14.1. The van der Waals surface area contributed by atoms with Gasteiger partial charge >= 0.3 is 6.03 Å². The molecule has 1 aromatic heterocycles. The molecule has 3 rings (SSSR count). The maximum atomic E-state index is 12.0. The highest BCUT2D eigenvalue weighted by Crippen LogP contribution is 2.21. The lowest BCUT2D eigenvalue weighted by Crippen LogP contribution is -2.27. The zero-order chi connectivity index (χ0) is 14.8. The molecule has 108 valence electrons. The van der Waals surface area contributed by atoms with E-state index in [0.717, 1.165) is 8.57 Å². The van der Waals surface area contributed by atoms with Gasteiger partial charge in [0, 0.05) is 29.8 Å². The van der Waals surface area contributed by atoms with Crippen LogP contribution in [0.15, 0.2) is 35.7 Å². The number of anilines is 2. The van der Waals surface area contributed by atoms with Crippen LogP contribution in [-0.2, 0) is 0 Å². The van der Waals surface area contributed by atoms with Gasteiger partial charge in [-0.25, -0.2) is 4.79 Å². The highest BCUT2D eigenvalue weighted by Gasteiger charge is 2.20. The van der Waals surface area contributed by atoms with E-state index in [4.69, 9.17) is 0 Å². The van der Waals surface area contributed by atoms with Crippen LogP contribution in [0.5, 0.6) is 0 Å². The molecule has 0 atom stereocenters. The number of halogens is 1. The number of thiophene rings is 1. The van der Waals surface area contributed by atoms with Gasteiger partial charge in [-0.2, -0.15) is 0 Å². The lowest BCUT2D eigenvalue weighted by molar-refractivity contribution is 0.102. The number of hydrogen-bond donors (Lipinski definition) is 2. The van der Waals surface area contributed by atoms with E-state index in [1.807, 2.05) is 23.6 Å². The van der Waals surface area contributed by atoms with Gasteiger partial charge in [-0.3, -0.25) is 9.69 Å². The summed E-state index contributed by atoms with van der Waals surface area (Å²) in [6.07, 6.45) is 0. The number of rotatable bonds is 3. The molecule has 1 fully saturated rings. The molecule has 0 spiro atoms. The van der Waals surface area contributed by atoms with Gasteiger partial charge in [0.1, 0.15) is 0 Å². The summed E-state index contributed by atoms with van der Waals surface area (Å²) in [7, 11) is 0. The van der Waals surface area contributed by atoms with Crippen molar-refractivity contribution in [2.24, 2.45) is 0 Å². The lowest BCUT2D eigenvalue weighted by atomic mass is 10.2. The number of nitrogens with one attached hydrogen (secondary N) is 2. The maximum Gasteiger partial charge on any atom is 0.321 e. The minimum Gasteiger partial charge on any atom is -0.336 e. The van der Waals surface area contributed by atoms with Gasteiger partial charge in [0.15, 0.2) is 0 Å². The highest BCUT2D eigenvalue weighted by molar-refractivity contribution is 14.1. The molecule has 1 saturated heterocycles. The number of carbonyl (C=O) groups is 2. The van der Waals surface area contributed by atoms with Crippen molar-refractivity contribution in [1.82, 2.24) is 5.32 Å². The Kier molecular flexibility index (Phi) is 4.11. The first kappa shape index (κ1) is 14.3. The Labute approximate surface area is 139 Å². The fraction of sp³-hybridized carbons (Fsp3) is 0.143. The second-order valence-corrected chi connectivity index (χ2v) is 7.33. The molecule has 1 aliphatic heterocycles. The fourth-order valence-electron chi connectivity index (χ4n) is 2.08. The fourth-order valence-corrected chi connectivity index (χ4v) is 3.40. The number of benzene rings is 1. The predicted octanol–water partition coefficient (Wildman–Crippen LogP) is 3.13. The van der Waals surface area contributed by atoms with Gasteiger partial charge in [-0.1, -0.05) is 0 Å². The molecule has 5 nitrogen and oxygen atoms in total. The van der Waals surface area contributed by atoms with Crippen LogP contribution in [0.1, 0.15) is 10.4 Å². The monoisotopic (exact) mass is 413 g/mol. The molecule has 2 heterocycles. The Morgan fingerprint density at radius 3 is 2.67 bits per heavy atom. The molecule has 7 heteroatoms. The number of nitrogens with zero attached hydrogens (tertiary/aromatic N) is 1. The Bertz CT molecular complexity index is 684. The first-order chi connectivity index (χ1) is 10.1. The molecule has 0 bridgehead atoms. The van der Waals surface area contributed by atoms with E-state index in [0.29, 0.717) is 24.3 Å². The summed E-state index contributed by atoms with van der Waals surface area (Å²) in [5.74, 6) is -0.124. The van der Waals surface area contributed by atoms with Crippen molar-refractivity contribution in [2.45, 2.75) is 0 Å². The molecule has 0 unspecified atom stereocenters. The third kappa shape index (κ3) is 3.18. The molecule has 2 N–H and O–H groups in total. The van der Waals surface area contributed by atoms with E-state index in [1.54, 1.807) is 17.0 Å². The highest BCUT2D eigenvalue weighted by atomic mass is 127. The second kappa shape index (κ2) is 6.02. The van der Waals surface area contributed by atoms with Crippen LogP contribution in [0, 0.1) is 2.88 Å². The smallest absolute Gasteiger partial charge is 0.321 e. The Morgan fingerprint density at radius 1 is 1.33 bits per heavy atom. The van der Waals surface area contributed by atoms with Gasteiger partial charge in [-0.05, 0) is 52.9 Å². The number of hydrogen-bond acceptors (Lipinski definition) is 3. The summed E-state index contributed by atoms with van der Waals surface area (Å²) in [5.41, 5.74) is 2.20. The number of amides is 3. The minimum atomic E-state index is -0.124. The lowest BCUT2D eigenvalue weighted by Gasteiger charge is -2.14. The zero-order valence-corrected chi connectivity index (χ0v) is 13.9. The molecule has 3 amide bonds. The minimum absolute atomic E-state index is 0.0837. The predicted molar refractivity (Wildman–Crippen MR) is 92.2 cm³/mol. The van der Waals surface area contributed by atoms with E-state index >= 15 is 0 Å². The van der Waals surface area contributed by atoms with Crippen LogP contribution in [0.2, 0.25) is 0 Å². The summed E-state index contributed by atoms with van der Waals surface area (Å²) in [4.78, 5) is 25.3. The largest absolute Gasteiger partial charge is 0.336 e. The van der Waals surface area contributed by atoms with Crippen LogP contribution < -0.4 is 15.5 Å². The first-order valence-electron chi connectivity index (χ1n) is 6.34. The van der Waals surface area contributed by atoms with Gasteiger partial charge in [0.25, 0.3) is 5.91 Å². The van der Waals surface area contributed by atoms with Gasteiger partial charge < -0.3 is 10.6 Å². The second-order valence-electron chi connectivity index (χ2n) is 4.52. The van der Waals surface area contributed by atoms with E-state index in [2.05, 4.69) is 33.2 Å². The average molecular weight is 413 g/mol. The Balaban J connectivity index is 1.69. The molecular formula is C14H12IN3O2S. The maximum absolute atomic E-state index is 12.0. The summed E-state index contributed by atoms with van der Waals surface area (Å²) < 4.78 is 1.08.